The zero-order chi connectivity index (χ0) is 24.8. The van der Waals surface area contributed by atoms with Crippen molar-refractivity contribution in [3.8, 4) is 11.5 Å². The summed E-state index contributed by atoms with van der Waals surface area (Å²) in [4.78, 5) is 32.0. The van der Waals surface area contributed by atoms with E-state index in [1.165, 1.54) is 12.0 Å². The van der Waals surface area contributed by atoms with Crippen molar-refractivity contribution in [2.24, 2.45) is 0 Å². The Balaban J connectivity index is 1.78. The van der Waals surface area contributed by atoms with Gasteiger partial charge in [-0.1, -0.05) is 37.6 Å². The molecule has 1 fully saturated rings. The number of rotatable bonds is 9. The highest BCUT2D eigenvalue weighted by atomic mass is 16.5. The van der Waals surface area contributed by atoms with Gasteiger partial charge in [-0.3, -0.25) is 14.6 Å². The number of amides is 1. The highest BCUT2D eigenvalue weighted by molar-refractivity contribution is 6.46. The molecule has 180 valence electrons. The molecule has 1 unspecified atom stereocenters. The maximum atomic E-state index is 13.3. The number of unbranched alkanes of at least 4 members (excludes halogenated alkanes) is 1. The van der Waals surface area contributed by atoms with Crippen molar-refractivity contribution >= 4 is 17.4 Å². The Bertz CT molecular complexity index is 1220. The predicted octanol–water partition coefficient (Wildman–Crippen LogP) is 4.89. The number of para-hydroxylation sites is 1. The van der Waals surface area contributed by atoms with Crippen LogP contribution in [0.5, 0.6) is 11.5 Å². The van der Waals surface area contributed by atoms with E-state index in [0.717, 1.165) is 18.4 Å². The summed E-state index contributed by atoms with van der Waals surface area (Å²) in [6, 6.07) is 16.8. The molecular weight excluding hydrogens is 444 g/mol. The molecule has 1 aromatic heterocycles. The Morgan fingerprint density at radius 1 is 1.06 bits per heavy atom. The lowest BCUT2D eigenvalue weighted by molar-refractivity contribution is -0.140. The van der Waals surface area contributed by atoms with Gasteiger partial charge >= 0.3 is 0 Å². The normalized spacial score (nSPS) is 17.0. The van der Waals surface area contributed by atoms with Crippen molar-refractivity contribution in [2.75, 3.05) is 13.7 Å². The third kappa shape index (κ3) is 5.04. The minimum atomic E-state index is -0.827. The van der Waals surface area contributed by atoms with Gasteiger partial charge in [-0.2, -0.15) is 0 Å². The van der Waals surface area contributed by atoms with Gasteiger partial charge in [0.15, 0.2) is 0 Å². The molecule has 1 aliphatic heterocycles. The summed E-state index contributed by atoms with van der Waals surface area (Å²) < 4.78 is 11.2. The van der Waals surface area contributed by atoms with Crippen molar-refractivity contribution in [3.05, 3.63) is 95.3 Å². The molecule has 35 heavy (non-hydrogen) atoms. The van der Waals surface area contributed by atoms with E-state index < -0.39 is 17.7 Å². The second-order valence-corrected chi connectivity index (χ2v) is 8.26. The third-order valence-electron chi connectivity index (χ3n) is 5.94. The largest absolute Gasteiger partial charge is 0.507 e. The van der Waals surface area contributed by atoms with Gasteiger partial charge in [0.25, 0.3) is 11.7 Å². The van der Waals surface area contributed by atoms with Crippen LogP contribution in [0.25, 0.3) is 5.76 Å². The molecule has 1 aliphatic rings. The number of Topliss-reactive ketones (excluding diaryl/α,β-unsaturated/α-hetero) is 1. The molecule has 7 nitrogen and oxygen atoms in total. The van der Waals surface area contributed by atoms with E-state index in [9.17, 15) is 14.7 Å². The first-order valence-corrected chi connectivity index (χ1v) is 11.6. The van der Waals surface area contributed by atoms with Gasteiger partial charge in [-0.25, -0.2) is 0 Å². The fourth-order valence-electron chi connectivity index (χ4n) is 4.15. The number of nitrogens with zero attached hydrogens (tertiary/aromatic N) is 2. The summed E-state index contributed by atoms with van der Waals surface area (Å²) in [5.41, 5.74) is 1.82. The number of aromatic nitrogens is 1. The number of hydrogen-bond donors (Lipinski definition) is 1. The van der Waals surface area contributed by atoms with Gasteiger partial charge in [0.05, 0.1) is 25.3 Å². The highest BCUT2D eigenvalue weighted by Gasteiger charge is 2.47. The number of ketones is 1. The molecule has 0 bridgehead atoms. The lowest BCUT2D eigenvalue weighted by Crippen LogP contribution is -2.29. The Labute approximate surface area is 204 Å². The maximum absolute atomic E-state index is 13.3. The van der Waals surface area contributed by atoms with E-state index in [2.05, 4.69) is 11.9 Å². The van der Waals surface area contributed by atoms with Gasteiger partial charge in [-0.15, -0.1) is 0 Å². The molecule has 0 spiro atoms. The Morgan fingerprint density at radius 3 is 2.51 bits per heavy atom. The third-order valence-corrected chi connectivity index (χ3v) is 5.94. The van der Waals surface area contributed by atoms with E-state index in [-0.39, 0.29) is 17.9 Å². The molecule has 7 heteroatoms. The first-order chi connectivity index (χ1) is 17.0. The molecule has 1 atom stereocenters. The molecule has 4 rings (SSSR count). The molecule has 2 aromatic carbocycles. The fourth-order valence-corrected chi connectivity index (χ4v) is 4.15. The molecule has 0 saturated carbocycles. The van der Waals surface area contributed by atoms with Crippen LogP contribution in [0, 0.1) is 0 Å². The Kier molecular flexibility index (Phi) is 7.45. The second-order valence-electron chi connectivity index (χ2n) is 8.26. The molecule has 0 radical (unpaired) electrons. The van der Waals surface area contributed by atoms with Crippen LogP contribution < -0.4 is 9.47 Å². The SMILES string of the molecule is CCCCOc1ccc(/C(O)=C2\C(=O)C(=O)N(Cc3cccnc3)C2c2ccccc2OC)cc1. The van der Waals surface area contributed by atoms with Gasteiger partial charge in [0, 0.05) is 30.1 Å². The average Bonchev–Trinajstić information content (AvgIpc) is 3.14. The number of carbonyl (C=O) groups is 2. The van der Waals surface area contributed by atoms with Crippen molar-refractivity contribution in [1.29, 1.82) is 0 Å². The number of hydrogen-bond acceptors (Lipinski definition) is 6. The smallest absolute Gasteiger partial charge is 0.295 e. The van der Waals surface area contributed by atoms with E-state index in [1.807, 2.05) is 18.2 Å². The molecule has 1 saturated heterocycles. The summed E-state index contributed by atoms with van der Waals surface area (Å²) in [5, 5.41) is 11.3. The number of ether oxygens (including phenoxy) is 2. The summed E-state index contributed by atoms with van der Waals surface area (Å²) in [7, 11) is 1.53. The standard InChI is InChI=1S/C28H28N2O5/c1-3-4-16-35-21-13-11-20(12-14-21)26(31)24-25(22-9-5-6-10-23(22)34-2)30(28(33)27(24)32)18-19-8-7-15-29-17-19/h5-15,17,25,31H,3-4,16,18H2,1-2H3/b26-24+. The van der Waals surface area contributed by atoms with Crippen LogP contribution in [-0.4, -0.2) is 40.4 Å². The van der Waals surface area contributed by atoms with Crippen LogP contribution in [0.4, 0.5) is 0 Å². The van der Waals surface area contributed by atoms with Crippen molar-refractivity contribution in [2.45, 2.75) is 32.4 Å². The molecular formula is C28H28N2O5. The summed E-state index contributed by atoms with van der Waals surface area (Å²) in [6.45, 7) is 2.85. The second kappa shape index (κ2) is 10.9. The van der Waals surface area contributed by atoms with Gasteiger partial charge in [0.1, 0.15) is 17.3 Å². The number of aliphatic hydroxyl groups is 1. The van der Waals surface area contributed by atoms with E-state index in [4.69, 9.17) is 9.47 Å². The monoisotopic (exact) mass is 472 g/mol. The molecule has 0 aliphatic carbocycles. The summed E-state index contributed by atoms with van der Waals surface area (Å²) in [5.74, 6) is -0.487. The number of likely N-dealkylation sites (tertiary alicyclic amines) is 1. The lowest BCUT2D eigenvalue weighted by atomic mass is 9.94. The van der Waals surface area contributed by atoms with Crippen LogP contribution in [0.1, 0.15) is 42.5 Å². The topological polar surface area (TPSA) is 89.0 Å². The number of methoxy groups -OCH3 is 1. The van der Waals surface area contributed by atoms with Crippen LogP contribution in [-0.2, 0) is 16.1 Å². The van der Waals surface area contributed by atoms with Crippen molar-refractivity contribution in [1.82, 2.24) is 9.88 Å². The minimum absolute atomic E-state index is 0.0167. The first kappa shape index (κ1) is 24.0. The van der Waals surface area contributed by atoms with E-state index in [1.54, 1.807) is 54.9 Å². The van der Waals surface area contributed by atoms with Crippen LogP contribution in [0.15, 0.2) is 78.6 Å². The van der Waals surface area contributed by atoms with Crippen molar-refractivity contribution in [3.63, 3.8) is 0 Å². The number of carbonyl (C=O) groups excluding carboxylic acids is 2. The molecule has 2 heterocycles. The molecule has 1 N–H and O–H groups in total. The Morgan fingerprint density at radius 2 is 1.83 bits per heavy atom. The highest BCUT2D eigenvalue weighted by Crippen LogP contribution is 2.43. The number of aliphatic hydroxyl groups excluding tert-OH is 1. The zero-order valence-electron chi connectivity index (χ0n) is 19.8. The average molecular weight is 473 g/mol. The van der Waals surface area contributed by atoms with Crippen LogP contribution in [0.3, 0.4) is 0 Å². The quantitative estimate of drug-likeness (QED) is 0.206. The summed E-state index contributed by atoms with van der Waals surface area (Å²) in [6.07, 6.45) is 5.27. The minimum Gasteiger partial charge on any atom is -0.507 e. The first-order valence-electron chi connectivity index (χ1n) is 11.6. The summed E-state index contributed by atoms with van der Waals surface area (Å²) >= 11 is 0. The Hall–Kier alpha value is -4.13. The number of benzene rings is 2. The maximum Gasteiger partial charge on any atom is 0.295 e. The van der Waals surface area contributed by atoms with E-state index >= 15 is 0 Å². The zero-order valence-corrected chi connectivity index (χ0v) is 19.8. The van der Waals surface area contributed by atoms with Crippen LogP contribution in [0.2, 0.25) is 0 Å². The van der Waals surface area contributed by atoms with Crippen LogP contribution >= 0.6 is 0 Å². The van der Waals surface area contributed by atoms with Crippen molar-refractivity contribution < 1.29 is 24.2 Å². The fraction of sp³-hybridized carbons (Fsp3) is 0.250. The van der Waals surface area contributed by atoms with E-state index in [0.29, 0.717) is 29.2 Å². The molecule has 1 amide bonds. The van der Waals surface area contributed by atoms with Gasteiger partial charge in [-0.05, 0) is 48.4 Å². The lowest BCUT2D eigenvalue weighted by Gasteiger charge is -2.26. The molecule has 3 aromatic rings. The van der Waals surface area contributed by atoms with Gasteiger partial charge in [0.2, 0.25) is 0 Å². The van der Waals surface area contributed by atoms with Gasteiger partial charge < -0.3 is 19.5 Å². The number of pyridine rings is 1. The predicted molar refractivity (Wildman–Crippen MR) is 132 cm³/mol.